The van der Waals surface area contributed by atoms with Crippen LogP contribution in [0.4, 0.5) is 5.69 Å². The Kier molecular flexibility index (Phi) is 3.13. The van der Waals surface area contributed by atoms with E-state index < -0.39 is 0 Å². The minimum atomic E-state index is 0.522. The van der Waals surface area contributed by atoms with Crippen molar-refractivity contribution in [2.24, 2.45) is 0 Å². The minimum absolute atomic E-state index is 0.522. The van der Waals surface area contributed by atoms with Crippen LogP contribution in [-0.2, 0) is 0 Å². The fourth-order valence-electron chi connectivity index (χ4n) is 3.78. The first-order valence-electron chi connectivity index (χ1n) is 7.22. The van der Waals surface area contributed by atoms with Crippen molar-refractivity contribution in [2.75, 3.05) is 12.4 Å². The molecule has 2 saturated heterocycles. The van der Waals surface area contributed by atoms with Gasteiger partial charge in [-0.15, -0.1) is 11.3 Å². The number of benzene rings is 1. The third-order valence-corrected chi connectivity index (χ3v) is 6.01. The number of halogens is 1. The van der Waals surface area contributed by atoms with E-state index in [1.165, 1.54) is 30.4 Å². The number of fused-ring (bicyclic) bond motifs is 3. The molecule has 0 amide bonds. The van der Waals surface area contributed by atoms with Crippen LogP contribution in [0.5, 0.6) is 0 Å². The third kappa shape index (κ3) is 2.01. The lowest BCUT2D eigenvalue weighted by Crippen LogP contribution is -2.44. The van der Waals surface area contributed by atoms with E-state index in [0.717, 1.165) is 28.3 Å². The predicted octanol–water partition coefficient (Wildman–Crippen LogP) is 3.99. The summed E-state index contributed by atoms with van der Waals surface area (Å²) in [7, 11) is 2.27. The number of nitrogens with one attached hydrogen (secondary N) is 1. The highest BCUT2D eigenvalue weighted by Gasteiger charge is 2.38. The molecule has 20 heavy (non-hydrogen) atoms. The molecule has 3 heterocycles. The fourth-order valence-corrected chi connectivity index (χ4v) is 4.67. The summed E-state index contributed by atoms with van der Waals surface area (Å²) >= 11 is 8.06. The molecule has 2 unspecified atom stereocenters. The van der Waals surface area contributed by atoms with Gasteiger partial charge in [0.15, 0.2) is 0 Å². The van der Waals surface area contributed by atoms with Crippen molar-refractivity contribution in [1.82, 2.24) is 9.88 Å². The van der Waals surface area contributed by atoms with Crippen molar-refractivity contribution in [2.45, 2.75) is 43.8 Å². The number of aromatic nitrogens is 1. The third-order valence-electron chi connectivity index (χ3n) is 4.90. The molecule has 2 aliphatic heterocycles. The molecule has 106 valence electrons. The van der Waals surface area contributed by atoms with Gasteiger partial charge in [-0.2, -0.15) is 0 Å². The monoisotopic (exact) mass is 307 g/mol. The van der Waals surface area contributed by atoms with Gasteiger partial charge in [-0.1, -0.05) is 11.6 Å². The largest absolute Gasteiger partial charge is 0.379 e. The first kappa shape index (κ1) is 12.9. The summed E-state index contributed by atoms with van der Waals surface area (Å²) in [6.45, 7) is 0. The van der Waals surface area contributed by atoms with E-state index >= 15 is 0 Å². The molecule has 0 spiro atoms. The predicted molar refractivity (Wildman–Crippen MR) is 85.8 cm³/mol. The van der Waals surface area contributed by atoms with Crippen LogP contribution in [-0.4, -0.2) is 35.1 Å². The van der Waals surface area contributed by atoms with Crippen LogP contribution >= 0.6 is 22.9 Å². The van der Waals surface area contributed by atoms with Crippen LogP contribution in [0.3, 0.4) is 0 Å². The summed E-state index contributed by atoms with van der Waals surface area (Å²) in [4.78, 5) is 7.03. The van der Waals surface area contributed by atoms with E-state index in [4.69, 9.17) is 11.6 Å². The number of piperidine rings is 1. The Hall–Kier alpha value is -0.840. The molecule has 0 aliphatic carbocycles. The summed E-state index contributed by atoms with van der Waals surface area (Å²) in [6.07, 6.45) is 5.11. The van der Waals surface area contributed by atoms with Crippen molar-refractivity contribution in [3.05, 3.63) is 22.7 Å². The molecule has 2 fully saturated rings. The Morgan fingerprint density at radius 1 is 1.30 bits per heavy atom. The fraction of sp³-hybridized carbons (Fsp3) is 0.533. The highest BCUT2D eigenvalue weighted by atomic mass is 35.5. The molecule has 5 heteroatoms. The molecular formula is C15H18ClN3S. The second kappa shape index (κ2) is 4.86. The standard InChI is InChI=1S/C15H18ClN3S/c1-19-10-2-3-11(19)7-9(6-10)18-14-12(16)4-5-13-15(14)17-8-20-13/h4-5,8-11,18H,2-3,6-7H2,1H3. The van der Waals surface area contributed by atoms with Gasteiger partial charge in [-0.05, 0) is 44.9 Å². The smallest absolute Gasteiger partial charge is 0.106 e. The van der Waals surface area contributed by atoms with E-state index in [1.54, 1.807) is 11.3 Å². The maximum absolute atomic E-state index is 6.39. The molecule has 2 bridgehead atoms. The average molecular weight is 308 g/mol. The van der Waals surface area contributed by atoms with Gasteiger partial charge in [0.1, 0.15) is 5.52 Å². The van der Waals surface area contributed by atoms with Crippen molar-refractivity contribution >= 4 is 38.8 Å². The summed E-state index contributed by atoms with van der Waals surface area (Å²) in [5.74, 6) is 0. The first-order valence-corrected chi connectivity index (χ1v) is 8.48. The highest BCUT2D eigenvalue weighted by molar-refractivity contribution is 7.16. The van der Waals surface area contributed by atoms with Crippen LogP contribution in [0.2, 0.25) is 5.02 Å². The molecule has 3 nitrogen and oxygen atoms in total. The van der Waals surface area contributed by atoms with Crippen LogP contribution in [0.25, 0.3) is 10.2 Å². The average Bonchev–Trinajstić information content (AvgIpc) is 2.96. The topological polar surface area (TPSA) is 28.2 Å². The van der Waals surface area contributed by atoms with Crippen LogP contribution in [0.1, 0.15) is 25.7 Å². The molecule has 1 N–H and O–H groups in total. The van der Waals surface area contributed by atoms with Crippen LogP contribution in [0.15, 0.2) is 17.6 Å². The van der Waals surface area contributed by atoms with Crippen molar-refractivity contribution < 1.29 is 0 Å². The van der Waals surface area contributed by atoms with Gasteiger partial charge in [-0.25, -0.2) is 4.98 Å². The lowest BCUT2D eigenvalue weighted by molar-refractivity contribution is 0.169. The van der Waals surface area contributed by atoms with Crippen molar-refractivity contribution in [3.8, 4) is 0 Å². The lowest BCUT2D eigenvalue weighted by Gasteiger charge is -2.37. The van der Waals surface area contributed by atoms with Gasteiger partial charge in [0, 0.05) is 18.1 Å². The zero-order valence-corrected chi connectivity index (χ0v) is 13.0. The Morgan fingerprint density at radius 2 is 2.05 bits per heavy atom. The maximum Gasteiger partial charge on any atom is 0.106 e. The molecule has 2 aliphatic rings. The van der Waals surface area contributed by atoms with Crippen molar-refractivity contribution in [1.29, 1.82) is 0 Å². The highest BCUT2D eigenvalue weighted by Crippen LogP contribution is 2.38. The number of thiazole rings is 1. The number of anilines is 1. The second-order valence-electron chi connectivity index (χ2n) is 5.98. The zero-order chi connectivity index (χ0) is 13.7. The molecule has 0 radical (unpaired) electrons. The SMILES string of the molecule is CN1C2CCC1CC(Nc1c(Cl)ccc3scnc13)C2. The van der Waals surface area contributed by atoms with E-state index in [0.29, 0.717) is 6.04 Å². The number of nitrogens with zero attached hydrogens (tertiary/aromatic N) is 2. The van der Waals surface area contributed by atoms with Crippen LogP contribution in [0, 0.1) is 0 Å². The molecule has 2 atom stereocenters. The first-order chi connectivity index (χ1) is 9.72. The van der Waals surface area contributed by atoms with E-state index in [2.05, 4.69) is 28.3 Å². The van der Waals surface area contributed by atoms with Gasteiger partial charge in [-0.3, -0.25) is 0 Å². The van der Waals surface area contributed by atoms with Crippen molar-refractivity contribution in [3.63, 3.8) is 0 Å². The van der Waals surface area contributed by atoms with E-state index in [9.17, 15) is 0 Å². The normalized spacial score (nSPS) is 30.0. The molecule has 2 aromatic rings. The Labute approximate surface area is 127 Å². The number of hydrogen-bond donors (Lipinski definition) is 1. The summed E-state index contributed by atoms with van der Waals surface area (Å²) < 4.78 is 1.20. The summed E-state index contributed by atoms with van der Waals surface area (Å²) in [6, 6.07) is 6.03. The Bertz CT molecular complexity index is 627. The zero-order valence-electron chi connectivity index (χ0n) is 11.5. The van der Waals surface area contributed by atoms with Gasteiger partial charge in [0.25, 0.3) is 0 Å². The quantitative estimate of drug-likeness (QED) is 0.909. The lowest BCUT2D eigenvalue weighted by atomic mass is 9.97. The van der Waals surface area contributed by atoms with Crippen LogP contribution < -0.4 is 5.32 Å². The molecule has 4 rings (SSSR count). The maximum atomic E-state index is 6.39. The van der Waals surface area contributed by atoms with Gasteiger partial charge < -0.3 is 10.2 Å². The molecule has 1 aromatic carbocycles. The van der Waals surface area contributed by atoms with Gasteiger partial charge in [0.2, 0.25) is 0 Å². The van der Waals surface area contributed by atoms with E-state index in [1.807, 2.05) is 11.6 Å². The summed E-state index contributed by atoms with van der Waals surface area (Å²) in [5, 5.41) is 4.47. The summed E-state index contributed by atoms with van der Waals surface area (Å²) in [5.41, 5.74) is 3.94. The minimum Gasteiger partial charge on any atom is -0.379 e. The second-order valence-corrected chi connectivity index (χ2v) is 7.28. The Balaban J connectivity index is 1.62. The molecule has 0 saturated carbocycles. The molecule has 1 aromatic heterocycles. The van der Waals surface area contributed by atoms with Gasteiger partial charge in [0.05, 0.1) is 20.9 Å². The van der Waals surface area contributed by atoms with Gasteiger partial charge >= 0.3 is 0 Å². The van der Waals surface area contributed by atoms with E-state index in [-0.39, 0.29) is 0 Å². The number of hydrogen-bond acceptors (Lipinski definition) is 4. The number of rotatable bonds is 2. The molecular weight excluding hydrogens is 290 g/mol. The Morgan fingerprint density at radius 3 is 2.80 bits per heavy atom.